The van der Waals surface area contributed by atoms with Crippen molar-refractivity contribution in [1.82, 2.24) is 4.90 Å². The summed E-state index contributed by atoms with van der Waals surface area (Å²) in [6, 6.07) is 0. The molecule has 2 fully saturated rings. The normalized spacial score (nSPS) is 34.7. The minimum Gasteiger partial charge on any atom is -0.392 e. The lowest BCUT2D eigenvalue weighted by atomic mass is 9.73. The Labute approximate surface area is 114 Å². The van der Waals surface area contributed by atoms with E-state index in [-0.39, 0.29) is 11.5 Å². The van der Waals surface area contributed by atoms with Gasteiger partial charge in [0, 0.05) is 30.0 Å². The van der Waals surface area contributed by atoms with Gasteiger partial charge in [-0.2, -0.15) is 11.8 Å². The summed E-state index contributed by atoms with van der Waals surface area (Å²) in [7, 11) is 0. The first-order chi connectivity index (χ1) is 8.62. The Kier molecular flexibility index (Phi) is 4.78. The Balaban J connectivity index is 1.91. The number of nitrogens with zero attached hydrogens (tertiary/aromatic N) is 2. The number of aliphatic hydroxyl groups excluding tert-OH is 1. The summed E-state index contributed by atoms with van der Waals surface area (Å²) in [5.41, 5.74) is 5.98. The Morgan fingerprint density at radius 1 is 1.44 bits per heavy atom. The maximum Gasteiger partial charge on any atom is 0.191 e. The highest BCUT2D eigenvalue weighted by Gasteiger charge is 2.35. The van der Waals surface area contributed by atoms with Crippen molar-refractivity contribution in [2.24, 2.45) is 16.1 Å². The van der Waals surface area contributed by atoms with Gasteiger partial charge in [-0.05, 0) is 12.8 Å². The van der Waals surface area contributed by atoms with Gasteiger partial charge in [0.2, 0.25) is 0 Å². The van der Waals surface area contributed by atoms with Crippen molar-refractivity contribution >= 4 is 17.7 Å². The first-order valence-electron chi connectivity index (χ1n) is 6.92. The highest BCUT2D eigenvalue weighted by molar-refractivity contribution is 7.99. The topological polar surface area (TPSA) is 61.8 Å². The van der Waals surface area contributed by atoms with Gasteiger partial charge in [-0.1, -0.05) is 19.8 Å². The molecule has 0 amide bonds. The molecule has 0 aromatic rings. The van der Waals surface area contributed by atoms with Crippen LogP contribution in [0.15, 0.2) is 4.99 Å². The van der Waals surface area contributed by atoms with E-state index in [0.717, 1.165) is 43.9 Å². The van der Waals surface area contributed by atoms with Crippen LogP contribution in [0.2, 0.25) is 0 Å². The Morgan fingerprint density at radius 3 is 2.83 bits per heavy atom. The van der Waals surface area contributed by atoms with Crippen LogP contribution in [-0.2, 0) is 0 Å². The molecule has 2 unspecified atom stereocenters. The number of nitrogens with two attached hydrogens (primary N) is 1. The summed E-state index contributed by atoms with van der Waals surface area (Å²) in [6.45, 7) is 4.79. The Bertz CT molecular complexity index is 305. The highest BCUT2D eigenvalue weighted by atomic mass is 32.2. The number of hydrogen-bond acceptors (Lipinski definition) is 3. The zero-order valence-corrected chi connectivity index (χ0v) is 12.1. The van der Waals surface area contributed by atoms with E-state index in [4.69, 9.17) is 5.73 Å². The van der Waals surface area contributed by atoms with Crippen LogP contribution in [0.3, 0.4) is 0 Å². The molecule has 3 N–H and O–H groups in total. The molecule has 1 saturated carbocycles. The van der Waals surface area contributed by atoms with Crippen LogP contribution >= 0.6 is 11.8 Å². The van der Waals surface area contributed by atoms with Gasteiger partial charge in [-0.25, -0.2) is 0 Å². The van der Waals surface area contributed by atoms with Crippen molar-refractivity contribution in [3.8, 4) is 0 Å². The predicted octanol–water partition coefficient (Wildman–Crippen LogP) is 1.29. The van der Waals surface area contributed by atoms with E-state index >= 15 is 0 Å². The van der Waals surface area contributed by atoms with Crippen molar-refractivity contribution in [2.75, 3.05) is 31.1 Å². The molecule has 2 aliphatic rings. The van der Waals surface area contributed by atoms with Crippen LogP contribution in [0.5, 0.6) is 0 Å². The molecule has 18 heavy (non-hydrogen) atoms. The number of aliphatic hydroxyl groups is 1. The van der Waals surface area contributed by atoms with Crippen LogP contribution in [0, 0.1) is 5.41 Å². The van der Waals surface area contributed by atoms with E-state index < -0.39 is 0 Å². The zero-order valence-electron chi connectivity index (χ0n) is 11.3. The van der Waals surface area contributed by atoms with Crippen molar-refractivity contribution < 1.29 is 5.11 Å². The molecule has 1 saturated heterocycles. The number of guanidine groups is 1. The standard InChI is InChI=1S/C13H25N3OS/c1-13(5-3-2-4-11(13)17)10-15-12(14)16-6-8-18-9-7-16/h11,17H,2-10H2,1H3,(H2,14,15). The molecule has 1 aliphatic carbocycles. The molecule has 2 rings (SSSR count). The molecular weight excluding hydrogens is 246 g/mol. The van der Waals surface area contributed by atoms with Gasteiger partial charge in [0.15, 0.2) is 5.96 Å². The van der Waals surface area contributed by atoms with E-state index in [1.807, 2.05) is 11.8 Å². The number of hydrogen-bond donors (Lipinski definition) is 2. The van der Waals surface area contributed by atoms with Gasteiger partial charge < -0.3 is 15.7 Å². The summed E-state index contributed by atoms with van der Waals surface area (Å²) in [5, 5.41) is 10.1. The smallest absolute Gasteiger partial charge is 0.191 e. The van der Waals surface area contributed by atoms with E-state index in [1.165, 1.54) is 6.42 Å². The third-order valence-electron chi connectivity index (χ3n) is 4.22. The third-order valence-corrected chi connectivity index (χ3v) is 5.16. The molecule has 0 bridgehead atoms. The van der Waals surface area contributed by atoms with Crippen molar-refractivity contribution in [2.45, 2.75) is 38.7 Å². The van der Waals surface area contributed by atoms with Gasteiger partial charge >= 0.3 is 0 Å². The second-order valence-corrected chi connectivity index (χ2v) is 6.91. The third kappa shape index (κ3) is 3.32. The van der Waals surface area contributed by atoms with E-state index in [0.29, 0.717) is 12.5 Å². The predicted molar refractivity (Wildman–Crippen MR) is 78.0 cm³/mol. The Hall–Kier alpha value is -0.420. The molecule has 1 aliphatic heterocycles. The van der Waals surface area contributed by atoms with Crippen molar-refractivity contribution in [3.63, 3.8) is 0 Å². The summed E-state index contributed by atoms with van der Waals surface area (Å²) >= 11 is 1.97. The minimum atomic E-state index is -0.222. The molecule has 104 valence electrons. The lowest BCUT2D eigenvalue weighted by Crippen LogP contribution is -2.44. The summed E-state index contributed by atoms with van der Waals surface area (Å²) in [4.78, 5) is 6.71. The molecular formula is C13H25N3OS. The monoisotopic (exact) mass is 271 g/mol. The minimum absolute atomic E-state index is 0.0760. The fourth-order valence-electron chi connectivity index (χ4n) is 2.72. The van der Waals surface area contributed by atoms with Gasteiger partial charge in [0.05, 0.1) is 12.6 Å². The molecule has 0 radical (unpaired) electrons. The highest BCUT2D eigenvalue weighted by Crippen LogP contribution is 2.36. The quantitative estimate of drug-likeness (QED) is 0.587. The molecule has 1 heterocycles. The van der Waals surface area contributed by atoms with Crippen LogP contribution in [-0.4, -0.2) is 53.2 Å². The molecule has 0 aromatic carbocycles. The summed E-state index contributed by atoms with van der Waals surface area (Å²) < 4.78 is 0. The van der Waals surface area contributed by atoms with Crippen LogP contribution < -0.4 is 5.73 Å². The first kappa shape index (κ1) is 14.0. The van der Waals surface area contributed by atoms with Gasteiger partial charge in [0.1, 0.15) is 0 Å². The molecule has 5 heteroatoms. The van der Waals surface area contributed by atoms with Crippen LogP contribution in [0.25, 0.3) is 0 Å². The lowest BCUT2D eigenvalue weighted by Gasteiger charge is -2.37. The zero-order chi connectivity index (χ0) is 13.0. The van der Waals surface area contributed by atoms with Gasteiger partial charge in [0.25, 0.3) is 0 Å². The summed E-state index contributed by atoms with van der Waals surface area (Å²) in [5.74, 6) is 2.93. The largest absolute Gasteiger partial charge is 0.392 e. The second kappa shape index (κ2) is 6.15. The van der Waals surface area contributed by atoms with E-state index in [2.05, 4.69) is 16.8 Å². The van der Waals surface area contributed by atoms with Crippen LogP contribution in [0.4, 0.5) is 0 Å². The van der Waals surface area contributed by atoms with Crippen LogP contribution in [0.1, 0.15) is 32.6 Å². The lowest BCUT2D eigenvalue weighted by molar-refractivity contribution is 0.00708. The van der Waals surface area contributed by atoms with E-state index in [1.54, 1.807) is 0 Å². The van der Waals surface area contributed by atoms with E-state index in [9.17, 15) is 5.11 Å². The first-order valence-corrected chi connectivity index (χ1v) is 8.08. The number of rotatable bonds is 2. The molecule has 2 atom stereocenters. The Morgan fingerprint density at radius 2 is 2.17 bits per heavy atom. The maximum atomic E-state index is 10.1. The van der Waals surface area contributed by atoms with Gasteiger partial charge in [-0.15, -0.1) is 0 Å². The molecule has 4 nitrogen and oxygen atoms in total. The molecule has 0 aromatic heterocycles. The summed E-state index contributed by atoms with van der Waals surface area (Å²) in [6.07, 6.45) is 4.08. The van der Waals surface area contributed by atoms with Crippen molar-refractivity contribution in [3.05, 3.63) is 0 Å². The average molecular weight is 271 g/mol. The van der Waals surface area contributed by atoms with Gasteiger partial charge in [-0.3, -0.25) is 4.99 Å². The SMILES string of the molecule is CC1(CN=C(N)N2CCSCC2)CCCCC1O. The fourth-order valence-corrected chi connectivity index (χ4v) is 3.62. The maximum absolute atomic E-state index is 10.1. The van der Waals surface area contributed by atoms with Crippen molar-refractivity contribution in [1.29, 1.82) is 0 Å². The number of thioether (sulfide) groups is 1. The fraction of sp³-hybridized carbons (Fsp3) is 0.923. The second-order valence-electron chi connectivity index (χ2n) is 5.69. The molecule has 0 spiro atoms. The number of aliphatic imine (C=N–C) groups is 1. The average Bonchev–Trinajstić information content (AvgIpc) is 2.41.